The number of hydrogen-bond acceptors (Lipinski definition) is 3. The maximum absolute atomic E-state index is 11.4. The van der Waals surface area contributed by atoms with Crippen molar-refractivity contribution < 1.29 is 5.11 Å². The molecule has 10 aromatic rings. The van der Waals surface area contributed by atoms with Gasteiger partial charge in [-0.25, -0.2) is 4.98 Å². The summed E-state index contributed by atoms with van der Waals surface area (Å²) < 4.78 is 2.18. The predicted octanol–water partition coefficient (Wildman–Crippen LogP) is 11.3. The zero-order valence-corrected chi connectivity index (χ0v) is 36.4. The first-order chi connectivity index (χ1) is 30.2. The Bertz CT molecular complexity index is 3130. The van der Waals surface area contributed by atoms with Gasteiger partial charge in [-0.3, -0.25) is 9.55 Å². The molecule has 0 aliphatic rings. The van der Waals surface area contributed by atoms with E-state index in [4.69, 9.17) is 9.97 Å². The number of phenolic OH excluding ortho intramolecular Hbond substituents is 1. The molecular weight excluding hydrogens is 771 g/mol. The van der Waals surface area contributed by atoms with Crippen LogP contribution in [-0.2, 0) is 5.41 Å². The third-order valence-electron chi connectivity index (χ3n) is 12.4. The highest BCUT2D eigenvalue weighted by Crippen LogP contribution is 2.40. The Morgan fingerprint density at radius 1 is 0.500 bits per heavy atom. The van der Waals surface area contributed by atoms with E-state index in [2.05, 4.69) is 202 Å². The van der Waals surface area contributed by atoms with Gasteiger partial charge < -0.3 is 5.11 Å². The minimum Gasteiger partial charge on any atom is -0.507 e. The van der Waals surface area contributed by atoms with E-state index >= 15 is 0 Å². The summed E-state index contributed by atoms with van der Waals surface area (Å²) in [6, 6.07) is 71.7. The maximum atomic E-state index is 11.4. The number of imidazole rings is 1. The van der Waals surface area contributed by atoms with Crippen molar-refractivity contribution >= 4 is 50.8 Å². The minimum atomic E-state index is -2.87. The molecule has 0 spiro atoms. The van der Waals surface area contributed by atoms with E-state index in [0.717, 1.165) is 55.4 Å². The van der Waals surface area contributed by atoms with Crippen LogP contribution in [0.5, 0.6) is 5.75 Å². The molecule has 0 amide bonds. The van der Waals surface area contributed by atoms with Crippen molar-refractivity contribution in [1.82, 2.24) is 14.5 Å². The second-order valence-corrected chi connectivity index (χ2v) is 21.0. The van der Waals surface area contributed by atoms with Crippen molar-refractivity contribution in [2.24, 2.45) is 0 Å². The first-order valence-corrected chi connectivity index (χ1v) is 23.3. The fraction of sp³-hybridized carbons (Fsp3) is 0.0877. The standard InChI is InChI=1S/C57H47N3OSi/c1-39-33-34-58-54-49(39)37-47(62(44-23-11-6-12-24-44,45-25-13-7-14-26-45)46-27-15-8-16-28-46)38-50(54)41-20-17-19-40(35-41)48-29-18-30-52-55(48)59-56(60(52)43-21-9-5-10-22-43)51-36-42(57(2,3)4)31-32-53(51)61/h5-38,61H,1-4H3. The van der Waals surface area contributed by atoms with Crippen LogP contribution in [0.2, 0.25) is 0 Å². The summed E-state index contributed by atoms with van der Waals surface area (Å²) in [5.74, 6) is 0.894. The predicted molar refractivity (Wildman–Crippen MR) is 261 cm³/mol. The first kappa shape index (κ1) is 38.8. The lowest BCUT2D eigenvalue weighted by atomic mass is 9.86. The third kappa shape index (κ3) is 6.62. The summed E-state index contributed by atoms with van der Waals surface area (Å²) >= 11 is 0. The number of hydrogen-bond donors (Lipinski definition) is 1. The zero-order valence-electron chi connectivity index (χ0n) is 35.4. The molecule has 300 valence electrons. The second-order valence-electron chi connectivity index (χ2n) is 17.2. The average molecular weight is 818 g/mol. The van der Waals surface area contributed by atoms with E-state index in [-0.39, 0.29) is 11.2 Å². The molecule has 0 unspecified atom stereocenters. The van der Waals surface area contributed by atoms with E-state index in [0.29, 0.717) is 11.4 Å². The van der Waals surface area contributed by atoms with Crippen LogP contribution in [0, 0.1) is 6.92 Å². The van der Waals surface area contributed by atoms with E-state index in [9.17, 15) is 5.11 Å². The first-order valence-electron chi connectivity index (χ1n) is 21.3. The summed E-state index contributed by atoms with van der Waals surface area (Å²) in [5, 5.41) is 17.9. The van der Waals surface area contributed by atoms with Gasteiger partial charge in [0.25, 0.3) is 0 Å². The van der Waals surface area contributed by atoms with Gasteiger partial charge >= 0.3 is 0 Å². The molecule has 1 N–H and O–H groups in total. The molecule has 0 aliphatic carbocycles. The van der Waals surface area contributed by atoms with Crippen molar-refractivity contribution in [2.75, 3.05) is 0 Å². The highest BCUT2D eigenvalue weighted by molar-refractivity contribution is 7.20. The lowest BCUT2D eigenvalue weighted by Gasteiger charge is -2.35. The van der Waals surface area contributed by atoms with Gasteiger partial charge in [-0.15, -0.1) is 0 Å². The Morgan fingerprint density at radius 2 is 1.08 bits per heavy atom. The number of fused-ring (bicyclic) bond motifs is 2. The van der Waals surface area contributed by atoms with Crippen LogP contribution in [0.1, 0.15) is 31.9 Å². The van der Waals surface area contributed by atoms with Crippen molar-refractivity contribution in [2.45, 2.75) is 33.1 Å². The molecule has 0 saturated heterocycles. The second kappa shape index (κ2) is 15.6. The van der Waals surface area contributed by atoms with Crippen molar-refractivity contribution in [3.8, 4) is 45.1 Å². The average Bonchev–Trinajstić information content (AvgIpc) is 3.70. The van der Waals surface area contributed by atoms with Crippen molar-refractivity contribution in [1.29, 1.82) is 0 Å². The zero-order chi connectivity index (χ0) is 42.4. The largest absolute Gasteiger partial charge is 0.507 e. The number of aromatic hydroxyl groups is 1. The molecule has 0 saturated carbocycles. The summed E-state index contributed by atoms with van der Waals surface area (Å²) in [5.41, 5.74) is 10.9. The van der Waals surface area contributed by atoms with Gasteiger partial charge in [0.2, 0.25) is 0 Å². The number of pyridine rings is 1. The monoisotopic (exact) mass is 817 g/mol. The Labute approximate surface area is 364 Å². The van der Waals surface area contributed by atoms with Gasteiger partial charge in [0.1, 0.15) is 11.6 Å². The van der Waals surface area contributed by atoms with Gasteiger partial charge in [-0.1, -0.05) is 178 Å². The number of nitrogens with zero attached hydrogens (tertiary/aromatic N) is 3. The van der Waals surface area contributed by atoms with Crippen molar-refractivity contribution in [3.05, 3.63) is 218 Å². The van der Waals surface area contributed by atoms with Gasteiger partial charge in [-0.05, 0) is 97.8 Å². The van der Waals surface area contributed by atoms with Gasteiger partial charge in [0, 0.05) is 28.4 Å². The van der Waals surface area contributed by atoms with Gasteiger partial charge in [0.15, 0.2) is 8.07 Å². The molecule has 0 bridgehead atoms. The number of benzene rings is 8. The van der Waals surface area contributed by atoms with Crippen molar-refractivity contribution in [3.63, 3.8) is 0 Å². The Hall–Kier alpha value is -7.34. The smallest absolute Gasteiger partial charge is 0.179 e. The van der Waals surface area contributed by atoms with Crippen LogP contribution in [-0.4, -0.2) is 27.7 Å². The molecular formula is C57H47N3OSi. The van der Waals surface area contributed by atoms with Crippen LogP contribution < -0.4 is 20.7 Å². The highest BCUT2D eigenvalue weighted by Gasteiger charge is 2.42. The molecule has 0 fully saturated rings. The molecule has 62 heavy (non-hydrogen) atoms. The van der Waals surface area contributed by atoms with Crippen LogP contribution in [0.15, 0.2) is 206 Å². The molecule has 0 radical (unpaired) electrons. The number of phenols is 1. The maximum Gasteiger partial charge on any atom is 0.179 e. The van der Waals surface area contributed by atoms with E-state index < -0.39 is 8.07 Å². The molecule has 10 rings (SSSR count). The fourth-order valence-corrected chi connectivity index (χ4v) is 14.1. The molecule has 8 aromatic carbocycles. The van der Waals surface area contributed by atoms with Crippen LogP contribution in [0.25, 0.3) is 61.3 Å². The van der Waals surface area contributed by atoms with E-state index in [1.165, 1.54) is 26.3 Å². The van der Waals surface area contributed by atoms with Gasteiger partial charge in [0.05, 0.1) is 22.1 Å². The Kier molecular flexibility index (Phi) is 9.77. The molecule has 2 aromatic heterocycles. The fourth-order valence-electron chi connectivity index (χ4n) is 9.28. The van der Waals surface area contributed by atoms with Crippen LogP contribution >= 0.6 is 0 Å². The number of para-hydroxylation sites is 2. The van der Waals surface area contributed by atoms with E-state index in [1.54, 1.807) is 6.07 Å². The van der Waals surface area contributed by atoms with Crippen LogP contribution in [0.4, 0.5) is 0 Å². The number of aryl methyl sites for hydroxylation is 1. The molecule has 0 aliphatic heterocycles. The molecule has 0 atom stereocenters. The quantitative estimate of drug-likeness (QED) is 0.123. The lowest BCUT2D eigenvalue weighted by molar-refractivity contribution is 0.475. The summed E-state index contributed by atoms with van der Waals surface area (Å²) in [6.45, 7) is 8.77. The summed E-state index contributed by atoms with van der Waals surface area (Å²) in [4.78, 5) is 10.5. The number of aromatic nitrogens is 3. The molecule has 4 nitrogen and oxygen atoms in total. The normalized spacial score (nSPS) is 11.9. The SMILES string of the molecule is Cc1ccnc2c(-c3cccc(-c4cccc5c4nc(-c4cc(C(C)(C)C)ccc4O)n5-c4ccccc4)c3)cc([Si](c3ccccc3)(c3ccccc3)c3ccccc3)cc12. The molecule has 5 heteroatoms. The summed E-state index contributed by atoms with van der Waals surface area (Å²) in [7, 11) is -2.87. The summed E-state index contributed by atoms with van der Waals surface area (Å²) in [6.07, 6.45) is 1.93. The topological polar surface area (TPSA) is 50.9 Å². The number of rotatable bonds is 8. The Balaban J connectivity index is 1.22. The minimum absolute atomic E-state index is 0.113. The lowest BCUT2D eigenvalue weighted by Crippen LogP contribution is -2.74. The third-order valence-corrected chi connectivity index (χ3v) is 17.2. The van der Waals surface area contributed by atoms with Gasteiger partial charge in [-0.2, -0.15) is 0 Å². The van der Waals surface area contributed by atoms with Crippen LogP contribution in [0.3, 0.4) is 0 Å². The Morgan fingerprint density at radius 3 is 1.69 bits per heavy atom. The van der Waals surface area contributed by atoms with E-state index in [1.807, 2.05) is 30.5 Å². The highest BCUT2D eigenvalue weighted by atomic mass is 28.3. The molecule has 2 heterocycles.